The maximum absolute atomic E-state index is 11.9. The van der Waals surface area contributed by atoms with Gasteiger partial charge in [0.15, 0.2) is 0 Å². The molecule has 0 saturated heterocycles. The standard InChI is InChI=1S/C10H9Cl2F3OS/c11-6-7-8(12)2-1-3-9(7)16-4-5-17-10(13,14)15/h1-3H,4-6H2. The second kappa shape index (κ2) is 6.61. The molecule has 17 heavy (non-hydrogen) atoms. The normalized spacial score (nSPS) is 11.6. The number of halogens is 5. The fourth-order valence-corrected chi connectivity index (χ4v) is 2.09. The minimum Gasteiger partial charge on any atom is -0.492 e. The van der Waals surface area contributed by atoms with Crippen LogP contribution in [0, 0.1) is 0 Å². The highest BCUT2D eigenvalue weighted by Gasteiger charge is 2.27. The van der Waals surface area contributed by atoms with Crippen molar-refractivity contribution in [1.29, 1.82) is 0 Å². The van der Waals surface area contributed by atoms with Crippen molar-refractivity contribution in [3.8, 4) is 5.75 Å². The van der Waals surface area contributed by atoms with Crippen molar-refractivity contribution >= 4 is 35.0 Å². The summed E-state index contributed by atoms with van der Waals surface area (Å²) >= 11 is 11.4. The molecule has 0 fully saturated rings. The first-order chi connectivity index (χ1) is 7.94. The Morgan fingerprint density at radius 2 is 2.00 bits per heavy atom. The van der Waals surface area contributed by atoms with E-state index in [9.17, 15) is 13.2 Å². The van der Waals surface area contributed by atoms with Gasteiger partial charge in [-0.3, -0.25) is 0 Å². The van der Waals surface area contributed by atoms with Gasteiger partial charge in [0, 0.05) is 16.3 Å². The van der Waals surface area contributed by atoms with Gasteiger partial charge < -0.3 is 4.74 Å². The molecule has 0 aliphatic rings. The molecule has 0 aromatic heterocycles. The van der Waals surface area contributed by atoms with E-state index in [1.54, 1.807) is 18.2 Å². The van der Waals surface area contributed by atoms with Crippen LogP contribution in [0.5, 0.6) is 5.75 Å². The lowest BCUT2D eigenvalue weighted by Crippen LogP contribution is -2.08. The molecule has 0 spiro atoms. The van der Waals surface area contributed by atoms with Gasteiger partial charge in [-0.1, -0.05) is 17.7 Å². The second-order valence-electron chi connectivity index (χ2n) is 2.99. The maximum Gasteiger partial charge on any atom is 0.441 e. The summed E-state index contributed by atoms with van der Waals surface area (Å²) in [4.78, 5) is 0. The van der Waals surface area contributed by atoms with Crippen LogP contribution >= 0.6 is 35.0 Å². The van der Waals surface area contributed by atoms with Gasteiger partial charge in [-0.15, -0.1) is 11.6 Å². The number of ether oxygens (including phenoxy) is 1. The summed E-state index contributed by atoms with van der Waals surface area (Å²) in [6.45, 7) is -0.0472. The Hall–Kier alpha value is -0.260. The van der Waals surface area contributed by atoms with Crippen molar-refractivity contribution in [3.05, 3.63) is 28.8 Å². The van der Waals surface area contributed by atoms with Crippen LogP contribution in [0.2, 0.25) is 5.02 Å². The van der Waals surface area contributed by atoms with Crippen molar-refractivity contribution in [1.82, 2.24) is 0 Å². The van der Waals surface area contributed by atoms with Gasteiger partial charge in [0.2, 0.25) is 0 Å². The molecule has 0 aliphatic heterocycles. The van der Waals surface area contributed by atoms with Crippen LogP contribution in [-0.2, 0) is 5.88 Å². The van der Waals surface area contributed by atoms with Crippen LogP contribution in [0.1, 0.15) is 5.56 Å². The second-order valence-corrected chi connectivity index (χ2v) is 4.83. The van der Waals surface area contributed by atoms with Crippen molar-refractivity contribution in [2.45, 2.75) is 11.4 Å². The van der Waals surface area contributed by atoms with Crippen LogP contribution < -0.4 is 4.74 Å². The van der Waals surface area contributed by atoms with Crippen LogP contribution in [-0.4, -0.2) is 17.9 Å². The third kappa shape index (κ3) is 5.27. The Labute approximate surface area is 111 Å². The maximum atomic E-state index is 11.9. The first kappa shape index (κ1) is 14.8. The van der Waals surface area contributed by atoms with E-state index < -0.39 is 5.51 Å². The molecule has 0 aliphatic carbocycles. The summed E-state index contributed by atoms with van der Waals surface area (Å²) in [5.41, 5.74) is -3.64. The lowest BCUT2D eigenvalue weighted by molar-refractivity contribution is -0.0329. The van der Waals surface area contributed by atoms with Crippen LogP contribution in [0.25, 0.3) is 0 Å². The largest absolute Gasteiger partial charge is 0.492 e. The Bertz CT molecular complexity index is 371. The highest BCUT2D eigenvalue weighted by molar-refractivity contribution is 8.00. The molecule has 0 radical (unpaired) electrons. The first-order valence-electron chi connectivity index (χ1n) is 4.61. The molecule has 0 amide bonds. The molecular weight excluding hydrogens is 296 g/mol. The van der Waals surface area contributed by atoms with Gasteiger partial charge in [0.25, 0.3) is 0 Å². The molecule has 7 heteroatoms. The van der Waals surface area contributed by atoms with Gasteiger partial charge in [-0.2, -0.15) is 13.2 Å². The van der Waals surface area contributed by atoms with Crippen molar-refractivity contribution in [2.24, 2.45) is 0 Å². The molecule has 0 heterocycles. The van der Waals surface area contributed by atoms with E-state index in [-0.39, 0.29) is 30.0 Å². The molecule has 96 valence electrons. The van der Waals surface area contributed by atoms with Crippen LogP contribution in [0.15, 0.2) is 18.2 Å². The molecule has 1 nitrogen and oxygen atoms in total. The molecule has 0 bridgehead atoms. The third-order valence-corrected chi connectivity index (χ3v) is 3.14. The molecule has 1 aromatic rings. The van der Waals surface area contributed by atoms with Crippen molar-refractivity contribution in [2.75, 3.05) is 12.4 Å². The smallest absolute Gasteiger partial charge is 0.441 e. The van der Waals surface area contributed by atoms with Crippen LogP contribution in [0.3, 0.4) is 0 Å². The Morgan fingerprint density at radius 1 is 1.29 bits per heavy atom. The summed E-state index contributed by atoms with van der Waals surface area (Å²) < 4.78 is 40.8. The van der Waals surface area contributed by atoms with E-state index in [1.165, 1.54) is 0 Å². The Balaban J connectivity index is 2.49. The molecular formula is C10H9Cl2F3OS. The first-order valence-corrected chi connectivity index (χ1v) is 6.50. The van der Waals surface area contributed by atoms with E-state index in [2.05, 4.69) is 0 Å². The van der Waals surface area contributed by atoms with E-state index in [0.29, 0.717) is 16.3 Å². The van der Waals surface area contributed by atoms with Crippen LogP contribution in [0.4, 0.5) is 13.2 Å². The molecule has 0 unspecified atom stereocenters. The van der Waals surface area contributed by atoms with E-state index in [4.69, 9.17) is 27.9 Å². The number of benzene rings is 1. The summed E-state index contributed by atoms with van der Waals surface area (Å²) in [6, 6.07) is 4.93. The lowest BCUT2D eigenvalue weighted by atomic mass is 10.2. The highest BCUT2D eigenvalue weighted by atomic mass is 35.5. The summed E-state index contributed by atoms with van der Waals surface area (Å²) in [7, 11) is 0. The Morgan fingerprint density at radius 3 is 2.59 bits per heavy atom. The fraction of sp³-hybridized carbons (Fsp3) is 0.400. The van der Waals surface area contributed by atoms with E-state index >= 15 is 0 Å². The minimum absolute atomic E-state index is 0.0472. The zero-order valence-electron chi connectivity index (χ0n) is 8.56. The molecule has 1 rings (SSSR count). The zero-order chi connectivity index (χ0) is 12.9. The number of alkyl halides is 4. The number of rotatable bonds is 5. The van der Waals surface area contributed by atoms with E-state index in [1.807, 2.05) is 0 Å². The van der Waals surface area contributed by atoms with Gasteiger partial charge in [0.05, 0.1) is 12.5 Å². The van der Waals surface area contributed by atoms with Gasteiger partial charge in [-0.25, -0.2) is 0 Å². The van der Waals surface area contributed by atoms with Gasteiger partial charge >= 0.3 is 5.51 Å². The quantitative estimate of drug-likeness (QED) is 0.575. The number of hydrogen-bond donors (Lipinski definition) is 0. The summed E-state index contributed by atoms with van der Waals surface area (Å²) in [5.74, 6) is 0.411. The average molecular weight is 305 g/mol. The highest BCUT2D eigenvalue weighted by Crippen LogP contribution is 2.31. The van der Waals surface area contributed by atoms with E-state index in [0.717, 1.165) is 0 Å². The molecule has 0 atom stereocenters. The predicted octanol–water partition coefficient (Wildman–Crippen LogP) is 4.71. The predicted molar refractivity (Wildman–Crippen MR) is 65.0 cm³/mol. The molecule has 1 aromatic carbocycles. The molecule has 0 N–H and O–H groups in total. The zero-order valence-corrected chi connectivity index (χ0v) is 10.9. The number of hydrogen-bond acceptors (Lipinski definition) is 2. The average Bonchev–Trinajstić information content (AvgIpc) is 2.23. The summed E-state index contributed by atoms with van der Waals surface area (Å²) in [6.07, 6.45) is 0. The monoisotopic (exact) mass is 304 g/mol. The third-order valence-electron chi connectivity index (χ3n) is 1.82. The van der Waals surface area contributed by atoms with Gasteiger partial charge in [0.1, 0.15) is 5.75 Å². The lowest BCUT2D eigenvalue weighted by Gasteiger charge is -2.11. The van der Waals surface area contributed by atoms with Crippen molar-refractivity contribution < 1.29 is 17.9 Å². The van der Waals surface area contributed by atoms with Crippen molar-refractivity contribution in [3.63, 3.8) is 0 Å². The fourth-order valence-electron chi connectivity index (χ4n) is 1.11. The minimum atomic E-state index is -4.23. The topological polar surface area (TPSA) is 9.23 Å². The molecule has 0 saturated carbocycles. The Kier molecular flexibility index (Phi) is 5.76. The summed E-state index contributed by atoms with van der Waals surface area (Å²) in [5, 5.41) is 0.445. The van der Waals surface area contributed by atoms with Gasteiger partial charge in [-0.05, 0) is 23.9 Å². The SMILES string of the molecule is FC(F)(F)SCCOc1cccc(Cl)c1CCl. The number of thioether (sulfide) groups is 1.